The van der Waals surface area contributed by atoms with Gasteiger partial charge in [-0.1, -0.05) is 0 Å². The van der Waals surface area contributed by atoms with E-state index < -0.39 is 9.05 Å². The first-order valence-corrected chi connectivity index (χ1v) is 6.60. The first-order chi connectivity index (χ1) is 5.58. The summed E-state index contributed by atoms with van der Waals surface area (Å²) in [6.07, 6.45) is 3.84. The molecular formula is C7H13ClO3S. The summed E-state index contributed by atoms with van der Waals surface area (Å²) >= 11 is 0. The normalized spacial score (nSPS) is 24.6. The van der Waals surface area contributed by atoms with Gasteiger partial charge in [0.2, 0.25) is 9.05 Å². The van der Waals surface area contributed by atoms with Gasteiger partial charge in [-0.05, 0) is 25.7 Å². The second kappa shape index (κ2) is 4.44. The Kier molecular flexibility index (Phi) is 3.80. The van der Waals surface area contributed by atoms with Crippen LogP contribution < -0.4 is 0 Å². The van der Waals surface area contributed by atoms with Crippen LogP contribution in [0.4, 0.5) is 0 Å². The van der Waals surface area contributed by atoms with E-state index in [0.717, 1.165) is 25.9 Å². The highest BCUT2D eigenvalue weighted by atomic mass is 35.7. The Morgan fingerprint density at radius 2 is 2.25 bits per heavy atom. The van der Waals surface area contributed by atoms with E-state index >= 15 is 0 Å². The maximum atomic E-state index is 10.5. The summed E-state index contributed by atoms with van der Waals surface area (Å²) in [5.74, 6) is 0.0639. The molecular weight excluding hydrogens is 200 g/mol. The van der Waals surface area contributed by atoms with Crippen LogP contribution in [0.5, 0.6) is 0 Å². The van der Waals surface area contributed by atoms with Gasteiger partial charge in [-0.3, -0.25) is 0 Å². The molecule has 0 saturated carbocycles. The number of hydrogen-bond donors (Lipinski definition) is 0. The van der Waals surface area contributed by atoms with Gasteiger partial charge in [0.05, 0.1) is 11.9 Å². The van der Waals surface area contributed by atoms with Crippen LogP contribution in [0.25, 0.3) is 0 Å². The molecule has 0 aliphatic carbocycles. The Morgan fingerprint density at radius 3 is 2.75 bits per heavy atom. The minimum atomic E-state index is -3.30. The molecule has 0 amide bonds. The van der Waals surface area contributed by atoms with Gasteiger partial charge in [-0.15, -0.1) is 0 Å². The van der Waals surface area contributed by atoms with Crippen molar-refractivity contribution in [1.29, 1.82) is 0 Å². The minimum absolute atomic E-state index is 0.0639. The smallest absolute Gasteiger partial charge is 0.232 e. The van der Waals surface area contributed by atoms with E-state index in [2.05, 4.69) is 0 Å². The summed E-state index contributed by atoms with van der Waals surface area (Å²) in [5.41, 5.74) is 0. The van der Waals surface area contributed by atoms with Crippen LogP contribution in [0.1, 0.15) is 25.7 Å². The monoisotopic (exact) mass is 212 g/mol. The fourth-order valence-electron chi connectivity index (χ4n) is 1.36. The predicted octanol–water partition coefficient (Wildman–Crippen LogP) is 1.51. The standard InChI is InChI=1S/C7H13ClO3S/c8-12(9,10)6-2-4-7-3-1-5-11-7/h7H,1-6H2. The van der Waals surface area contributed by atoms with Gasteiger partial charge in [-0.2, -0.15) is 0 Å². The zero-order chi connectivity index (χ0) is 9.03. The van der Waals surface area contributed by atoms with E-state index in [0.29, 0.717) is 6.42 Å². The molecule has 1 aliphatic rings. The zero-order valence-electron chi connectivity index (χ0n) is 6.83. The molecule has 0 aromatic heterocycles. The number of ether oxygens (including phenoxy) is 1. The summed E-state index contributed by atoms with van der Waals surface area (Å²) in [6, 6.07) is 0. The van der Waals surface area contributed by atoms with Gasteiger partial charge in [0.1, 0.15) is 0 Å². The molecule has 0 radical (unpaired) electrons. The Bertz CT molecular complexity index is 219. The Labute approximate surface area is 77.5 Å². The van der Waals surface area contributed by atoms with Crippen LogP contribution in [0.15, 0.2) is 0 Å². The lowest BCUT2D eigenvalue weighted by Gasteiger charge is -2.06. The lowest BCUT2D eigenvalue weighted by Crippen LogP contribution is -2.07. The molecule has 1 aliphatic heterocycles. The Balaban J connectivity index is 2.09. The quantitative estimate of drug-likeness (QED) is 0.664. The van der Waals surface area contributed by atoms with E-state index in [4.69, 9.17) is 15.4 Å². The number of hydrogen-bond acceptors (Lipinski definition) is 3. The van der Waals surface area contributed by atoms with Gasteiger partial charge in [0.25, 0.3) is 0 Å². The van der Waals surface area contributed by atoms with Crippen LogP contribution in [-0.4, -0.2) is 26.9 Å². The van der Waals surface area contributed by atoms with Crippen molar-refractivity contribution in [3.8, 4) is 0 Å². The van der Waals surface area contributed by atoms with Crippen molar-refractivity contribution < 1.29 is 13.2 Å². The summed E-state index contributed by atoms with van der Waals surface area (Å²) in [6.45, 7) is 0.818. The van der Waals surface area contributed by atoms with Crippen LogP contribution >= 0.6 is 10.7 Å². The van der Waals surface area contributed by atoms with Gasteiger partial charge < -0.3 is 4.74 Å². The first-order valence-electron chi connectivity index (χ1n) is 4.12. The topological polar surface area (TPSA) is 43.4 Å². The molecule has 12 heavy (non-hydrogen) atoms. The van der Waals surface area contributed by atoms with Crippen LogP contribution in [0.3, 0.4) is 0 Å². The van der Waals surface area contributed by atoms with E-state index in [9.17, 15) is 8.42 Å². The molecule has 0 bridgehead atoms. The molecule has 5 heteroatoms. The third-order valence-corrected chi connectivity index (χ3v) is 3.18. The number of rotatable bonds is 4. The third-order valence-electron chi connectivity index (χ3n) is 1.94. The molecule has 0 N–H and O–H groups in total. The zero-order valence-corrected chi connectivity index (χ0v) is 8.40. The molecule has 3 nitrogen and oxygen atoms in total. The first kappa shape index (κ1) is 10.3. The molecule has 72 valence electrons. The molecule has 1 rings (SSSR count). The minimum Gasteiger partial charge on any atom is -0.378 e. The van der Waals surface area contributed by atoms with Crippen LogP contribution in [0, 0.1) is 0 Å². The van der Waals surface area contributed by atoms with Crippen molar-refractivity contribution in [1.82, 2.24) is 0 Å². The molecule has 0 aromatic rings. The van der Waals surface area contributed by atoms with Gasteiger partial charge in [0.15, 0.2) is 0 Å². The van der Waals surface area contributed by atoms with Crippen LogP contribution in [-0.2, 0) is 13.8 Å². The molecule has 1 saturated heterocycles. The summed E-state index contributed by atoms with van der Waals surface area (Å²) < 4.78 is 26.4. The van der Waals surface area contributed by atoms with Crippen molar-refractivity contribution in [2.45, 2.75) is 31.8 Å². The SMILES string of the molecule is O=S(=O)(Cl)CCCC1CCCO1. The molecule has 1 unspecified atom stereocenters. The summed E-state index contributed by atoms with van der Waals surface area (Å²) in [4.78, 5) is 0. The van der Waals surface area contributed by atoms with Crippen molar-refractivity contribution in [2.24, 2.45) is 0 Å². The fourth-order valence-corrected chi connectivity index (χ4v) is 2.19. The number of halogens is 1. The van der Waals surface area contributed by atoms with Gasteiger partial charge in [-0.25, -0.2) is 8.42 Å². The summed E-state index contributed by atoms with van der Waals surface area (Å²) in [7, 11) is 1.75. The molecule has 1 fully saturated rings. The lowest BCUT2D eigenvalue weighted by atomic mass is 10.1. The summed E-state index contributed by atoms with van der Waals surface area (Å²) in [5, 5.41) is 0. The van der Waals surface area contributed by atoms with Crippen molar-refractivity contribution >= 4 is 19.7 Å². The third kappa shape index (κ3) is 4.28. The average Bonchev–Trinajstić information content (AvgIpc) is 2.36. The van der Waals surface area contributed by atoms with E-state index in [1.54, 1.807) is 0 Å². The van der Waals surface area contributed by atoms with Crippen LogP contribution in [0.2, 0.25) is 0 Å². The molecule has 1 heterocycles. The van der Waals surface area contributed by atoms with E-state index in [1.165, 1.54) is 0 Å². The van der Waals surface area contributed by atoms with Crippen molar-refractivity contribution in [3.63, 3.8) is 0 Å². The van der Waals surface area contributed by atoms with E-state index in [1.807, 2.05) is 0 Å². The average molecular weight is 213 g/mol. The Morgan fingerprint density at radius 1 is 1.50 bits per heavy atom. The molecule has 1 atom stereocenters. The second-order valence-corrected chi connectivity index (χ2v) is 5.92. The Hall–Kier alpha value is 0.200. The predicted molar refractivity (Wildman–Crippen MR) is 47.8 cm³/mol. The van der Waals surface area contributed by atoms with Gasteiger partial charge in [0, 0.05) is 17.3 Å². The largest absolute Gasteiger partial charge is 0.378 e. The lowest BCUT2D eigenvalue weighted by molar-refractivity contribution is 0.104. The molecule has 0 spiro atoms. The maximum Gasteiger partial charge on any atom is 0.232 e. The molecule has 0 aromatic carbocycles. The van der Waals surface area contributed by atoms with E-state index in [-0.39, 0.29) is 11.9 Å². The highest BCUT2D eigenvalue weighted by Gasteiger charge is 2.16. The van der Waals surface area contributed by atoms with Gasteiger partial charge >= 0.3 is 0 Å². The van der Waals surface area contributed by atoms with Crippen molar-refractivity contribution in [2.75, 3.05) is 12.4 Å². The maximum absolute atomic E-state index is 10.5. The fraction of sp³-hybridized carbons (Fsp3) is 1.00. The van der Waals surface area contributed by atoms with Crippen molar-refractivity contribution in [3.05, 3.63) is 0 Å². The highest BCUT2D eigenvalue weighted by Crippen LogP contribution is 2.17. The highest BCUT2D eigenvalue weighted by molar-refractivity contribution is 8.13. The second-order valence-electron chi connectivity index (χ2n) is 3.02.